The van der Waals surface area contributed by atoms with Crippen LogP contribution in [0.15, 0.2) is 29.8 Å². The Balaban J connectivity index is 2.49. The summed E-state index contributed by atoms with van der Waals surface area (Å²) < 4.78 is 13.2. The Morgan fingerprint density at radius 1 is 1.33 bits per heavy atom. The van der Waals surface area contributed by atoms with E-state index in [1.807, 2.05) is 37.3 Å². The zero-order chi connectivity index (χ0) is 8.55. The molecule has 0 nitrogen and oxygen atoms in total. The van der Waals surface area contributed by atoms with Gasteiger partial charge in [0.05, 0.1) is 0 Å². The lowest BCUT2D eigenvalue weighted by Crippen LogP contribution is -2.11. The van der Waals surface area contributed by atoms with Gasteiger partial charge in [0.1, 0.15) is 6.17 Å². The quantitative estimate of drug-likeness (QED) is 0.550. The van der Waals surface area contributed by atoms with Crippen molar-refractivity contribution >= 4 is 6.08 Å². The summed E-state index contributed by atoms with van der Waals surface area (Å²) in [4.78, 5) is 0. The average molecular weight is 162 g/mol. The lowest BCUT2D eigenvalue weighted by atomic mass is 9.92. The summed E-state index contributed by atoms with van der Waals surface area (Å²) in [5.41, 5.74) is 3.13. The smallest absolute Gasteiger partial charge is 0.125 e. The van der Waals surface area contributed by atoms with E-state index in [0.717, 1.165) is 11.1 Å². The van der Waals surface area contributed by atoms with Crippen molar-refractivity contribution in [1.29, 1.82) is 0 Å². The number of rotatable bonds is 0. The van der Waals surface area contributed by atoms with Crippen molar-refractivity contribution in [3.63, 3.8) is 0 Å². The Hall–Kier alpha value is -1.11. The third kappa shape index (κ3) is 1.15. The van der Waals surface area contributed by atoms with Gasteiger partial charge in [0.15, 0.2) is 0 Å². The van der Waals surface area contributed by atoms with Gasteiger partial charge in [-0.1, -0.05) is 30.3 Å². The monoisotopic (exact) mass is 162 g/mol. The Morgan fingerprint density at radius 2 is 2.08 bits per heavy atom. The van der Waals surface area contributed by atoms with E-state index in [9.17, 15) is 4.39 Å². The molecule has 0 radical (unpaired) electrons. The van der Waals surface area contributed by atoms with Crippen molar-refractivity contribution in [2.24, 2.45) is 0 Å². The molecule has 0 amide bonds. The van der Waals surface area contributed by atoms with Crippen molar-refractivity contribution in [2.75, 3.05) is 0 Å². The van der Waals surface area contributed by atoms with E-state index in [1.165, 1.54) is 5.56 Å². The van der Waals surface area contributed by atoms with Gasteiger partial charge in [-0.05, 0) is 23.6 Å². The van der Waals surface area contributed by atoms with Gasteiger partial charge in [-0.15, -0.1) is 0 Å². The summed E-state index contributed by atoms with van der Waals surface area (Å²) in [6.45, 7) is 1.85. The molecular weight excluding hydrogens is 151 g/mol. The molecule has 1 unspecified atom stereocenters. The standard InChI is InChI=1S/C11H11F/c1-8-6-9-4-2-3-5-10(9)7-11(8)12/h2-6,11H,7H2,1H3. The normalized spacial score (nSPS) is 21.5. The molecule has 0 bridgehead atoms. The first-order valence-corrected chi connectivity index (χ1v) is 4.17. The minimum absolute atomic E-state index is 0.540. The lowest BCUT2D eigenvalue weighted by molar-refractivity contribution is 0.378. The number of fused-ring (bicyclic) bond motifs is 1. The second kappa shape index (κ2) is 2.74. The molecule has 2 rings (SSSR count). The van der Waals surface area contributed by atoms with Crippen LogP contribution in [0.2, 0.25) is 0 Å². The summed E-state index contributed by atoms with van der Waals surface area (Å²) >= 11 is 0. The molecule has 1 heteroatoms. The number of halogens is 1. The molecular formula is C11H11F. The van der Waals surface area contributed by atoms with Gasteiger partial charge in [0.25, 0.3) is 0 Å². The van der Waals surface area contributed by atoms with Crippen molar-refractivity contribution in [3.05, 3.63) is 41.0 Å². The molecule has 0 aliphatic heterocycles. The SMILES string of the molecule is CC1=Cc2ccccc2CC1F. The van der Waals surface area contributed by atoms with Crippen LogP contribution in [0.25, 0.3) is 6.08 Å². The minimum Gasteiger partial charge on any atom is -0.242 e. The predicted molar refractivity (Wildman–Crippen MR) is 48.7 cm³/mol. The first kappa shape index (κ1) is 7.53. The Morgan fingerprint density at radius 3 is 2.92 bits per heavy atom. The molecule has 0 fully saturated rings. The zero-order valence-corrected chi connectivity index (χ0v) is 7.05. The fourth-order valence-electron chi connectivity index (χ4n) is 1.55. The fraction of sp³-hybridized carbons (Fsp3) is 0.273. The molecule has 1 atom stereocenters. The van der Waals surface area contributed by atoms with Crippen LogP contribution in [-0.4, -0.2) is 6.17 Å². The lowest BCUT2D eigenvalue weighted by Gasteiger charge is -2.17. The highest BCUT2D eigenvalue weighted by Gasteiger charge is 2.16. The molecule has 0 saturated heterocycles. The molecule has 0 N–H and O–H groups in total. The first-order valence-electron chi connectivity index (χ1n) is 4.17. The summed E-state index contributed by atoms with van der Waals surface area (Å²) in [6.07, 6.45) is 1.70. The summed E-state index contributed by atoms with van der Waals surface area (Å²) in [5, 5.41) is 0. The molecule has 0 saturated carbocycles. The third-order valence-electron chi connectivity index (χ3n) is 2.33. The molecule has 1 aromatic rings. The maximum Gasteiger partial charge on any atom is 0.125 e. The Labute approximate surface area is 71.7 Å². The van der Waals surface area contributed by atoms with Gasteiger partial charge in [-0.3, -0.25) is 0 Å². The highest BCUT2D eigenvalue weighted by molar-refractivity contribution is 5.60. The maximum atomic E-state index is 13.2. The summed E-state index contributed by atoms with van der Waals surface area (Å²) in [6, 6.07) is 7.97. The van der Waals surface area contributed by atoms with Gasteiger partial charge in [0.2, 0.25) is 0 Å². The van der Waals surface area contributed by atoms with Gasteiger partial charge >= 0.3 is 0 Å². The van der Waals surface area contributed by atoms with Crippen molar-refractivity contribution in [3.8, 4) is 0 Å². The van der Waals surface area contributed by atoms with Crippen LogP contribution in [-0.2, 0) is 6.42 Å². The molecule has 1 aliphatic carbocycles. The molecule has 12 heavy (non-hydrogen) atoms. The largest absolute Gasteiger partial charge is 0.242 e. The first-order chi connectivity index (χ1) is 5.77. The van der Waals surface area contributed by atoms with Crippen molar-refractivity contribution < 1.29 is 4.39 Å². The third-order valence-corrected chi connectivity index (χ3v) is 2.33. The van der Waals surface area contributed by atoms with E-state index in [0.29, 0.717) is 6.42 Å². The van der Waals surface area contributed by atoms with E-state index in [4.69, 9.17) is 0 Å². The average Bonchev–Trinajstić information content (AvgIpc) is 2.07. The van der Waals surface area contributed by atoms with E-state index in [-0.39, 0.29) is 0 Å². The zero-order valence-electron chi connectivity index (χ0n) is 7.05. The number of allylic oxidation sites excluding steroid dienone is 1. The van der Waals surface area contributed by atoms with Crippen LogP contribution in [0, 0.1) is 0 Å². The number of hydrogen-bond acceptors (Lipinski definition) is 0. The van der Waals surface area contributed by atoms with Crippen LogP contribution in [0.3, 0.4) is 0 Å². The van der Waals surface area contributed by atoms with E-state index in [1.54, 1.807) is 0 Å². The molecule has 0 spiro atoms. The molecule has 1 aromatic carbocycles. The van der Waals surface area contributed by atoms with Crippen molar-refractivity contribution in [2.45, 2.75) is 19.5 Å². The Kier molecular flexibility index (Phi) is 1.72. The van der Waals surface area contributed by atoms with Crippen LogP contribution >= 0.6 is 0 Å². The van der Waals surface area contributed by atoms with Gasteiger partial charge in [0, 0.05) is 6.42 Å². The molecule has 0 heterocycles. The van der Waals surface area contributed by atoms with E-state index >= 15 is 0 Å². The second-order valence-electron chi connectivity index (χ2n) is 3.26. The molecule has 62 valence electrons. The maximum absolute atomic E-state index is 13.2. The summed E-state index contributed by atoms with van der Waals surface area (Å²) in [7, 11) is 0. The number of alkyl halides is 1. The molecule has 1 aliphatic rings. The highest BCUT2D eigenvalue weighted by Crippen LogP contribution is 2.25. The van der Waals surface area contributed by atoms with Crippen molar-refractivity contribution in [1.82, 2.24) is 0 Å². The van der Waals surface area contributed by atoms with Crippen LogP contribution in [0.5, 0.6) is 0 Å². The summed E-state index contributed by atoms with van der Waals surface area (Å²) in [5.74, 6) is 0. The topological polar surface area (TPSA) is 0 Å². The van der Waals surface area contributed by atoms with Gasteiger partial charge in [-0.2, -0.15) is 0 Å². The minimum atomic E-state index is -0.778. The molecule has 0 aromatic heterocycles. The van der Waals surface area contributed by atoms with Crippen LogP contribution in [0.1, 0.15) is 18.1 Å². The number of benzene rings is 1. The van der Waals surface area contributed by atoms with Gasteiger partial charge in [-0.25, -0.2) is 4.39 Å². The van der Waals surface area contributed by atoms with E-state index in [2.05, 4.69) is 0 Å². The number of hydrogen-bond donors (Lipinski definition) is 0. The second-order valence-corrected chi connectivity index (χ2v) is 3.26. The van der Waals surface area contributed by atoms with Crippen LogP contribution in [0.4, 0.5) is 4.39 Å². The Bertz CT molecular complexity index is 326. The highest BCUT2D eigenvalue weighted by atomic mass is 19.1. The van der Waals surface area contributed by atoms with E-state index < -0.39 is 6.17 Å². The fourth-order valence-corrected chi connectivity index (χ4v) is 1.55. The van der Waals surface area contributed by atoms with Crippen LogP contribution < -0.4 is 0 Å². The van der Waals surface area contributed by atoms with Gasteiger partial charge < -0.3 is 0 Å². The predicted octanol–water partition coefficient (Wildman–Crippen LogP) is 2.98.